The average molecular weight is 474 g/mol. The monoisotopic (exact) mass is 473 g/mol. The van der Waals surface area contributed by atoms with Crippen LogP contribution in [0.2, 0.25) is 0 Å². The largest absolute Gasteiger partial charge is 0.481 e. The van der Waals surface area contributed by atoms with Crippen LogP contribution in [-0.4, -0.2) is 12.6 Å². The quantitative estimate of drug-likeness (QED) is 0.210. The molecule has 0 aliphatic carbocycles. The van der Waals surface area contributed by atoms with E-state index in [0.29, 0.717) is 0 Å². The number of hydrogen-bond donors (Lipinski definition) is 0. The number of rotatable bonds is 6. The number of hydrogen-bond acceptors (Lipinski definition) is 3. The second kappa shape index (κ2) is 9.27. The summed E-state index contributed by atoms with van der Waals surface area (Å²) >= 11 is 0. The maximum absolute atomic E-state index is 12.7. The predicted molar refractivity (Wildman–Crippen MR) is 143 cm³/mol. The topological polar surface area (TPSA) is 35.5 Å². The van der Waals surface area contributed by atoms with Crippen LogP contribution in [0.25, 0.3) is 15.0 Å². The average Bonchev–Trinajstić information content (AvgIpc) is 3.09. The fourth-order valence-electron chi connectivity index (χ4n) is 4.57. The van der Waals surface area contributed by atoms with Crippen molar-refractivity contribution < 1.29 is 14.3 Å². The molecular formula is C30H33O3S+. The molecule has 0 bridgehead atoms. The Kier molecular flexibility index (Phi) is 6.55. The van der Waals surface area contributed by atoms with Crippen molar-refractivity contribution in [2.75, 3.05) is 6.61 Å². The molecule has 1 atom stereocenters. The van der Waals surface area contributed by atoms with Gasteiger partial charge in [0.15, 0.2) is 16.2 Å². The molecule has 1 heterocycles. The minimum Gasteiger partial charge on any atom is -0.481 e. The number of carbonyl (C=O) groups excluding carboxylic acids is 1. The Balaban J connectivity index is 1.51. The van der Waals surface area contributed by atoms with Crippen LogP contribution in [0.15, 0.2) is 60.0 Å². The van der Waals surface area contributed by atoms with E-state index in [4.69, 9.17) is 9.47 Å². The lowest BCUT2D eigenvalue weighted by Crippen LogP contribution is -2.29. The number of benzene rings is 3. The second-order valence-electron chi connectivity index (χ2n) is 9.67. The van der Waals surface area contributed by atoms with Crippen LogP contribution in [-0.2, 0) is 15.1 Å². The van der Waals surface area contributed by atoms with Crippen molar-refractivity contribution >= 4 is 26.5 Å². The smallest absolute Gasteiger partial charge is 0.345 e. The standard InChI is InChI=1S/C30H33O3S/c1-19-12-20(2)14-24(13-19)30(6,7)33-28(31)17-32-29-21(3)15-25(16-22(29)4)34-18-23(5)26-10-8-9-11-27(26)34/h8-16,18H,17H2,1-7H3/q+1. The highest BCUT2D eigenvalue weighted by Crippen LogP contribution is 2.44. The van der Waals surface area contributed by atoms with E-state index in [2.05, 4.69) is 80.7 Å². The summed E-state index contributed by atoms with van der Waals surface area (Å²) in [6.07, 6.45) is 0. The maximum Gasteiger partial charge on any atom is 0.345 e. The molecule has 0 amide bonds. The zero-order valence-electron chi connectivity index (χ0n) is 21.1. The molecule has 0 saturated heterocycles. The summed E-state index contributed by atoms with van der Waals surface area (Å²) in [6, 6.07) is 19.2. The van der Waals surface area contributed by atoms with Gasteiger partial charge in [-0.2, -0.15) is 0 Å². The summed E-state index contributed by atoms with van der Waals surface area (Å²) < 4.78 is 13.2. The van der Waals surface area contributed by atoms with Gasteiger partial charge in [-0.15, -0.1) is 0 Å². The third-order valence-corrected chi connectivity index (χ3v) is 8.31. The molecule has 0 N–H and O–H groups in total. The Bertz CT molecular complexity index is 1330. The summed E-state index contributed by atoms with van der Waals surface area (Å²) in [5.74, 6) is 0.374. The lowest BCUT2D eigenvalue weighted by molar-refractivity contribution is -0.159. The normalized spacial score (nSPS) is 12.1. The third-order valence-electron chi connectivity index (χ3n) is 6.15. The van der Waals surface area contributed by atoms with Crippen LogP contribution in [0.1, 0.15) is 47.2 Å². The number of fused-ring (bicyclic) bond motifs is 1. The number of carbonyl (C=O) groups is 1. The minimum absolute atomic E-state index is 0.0851. The van der Waals surface area contributed by atoms with E-state index >= 15 is 0 Å². The molecule has 3 aromatic carbocycles. The number of aryl methyl sites for hydroxylation is 5. The van der Waals surface area contributed by atoms with Crippen LogP contribution in [0.5, 0.6) is 5.75 Å². The molecule has 0 aliphatic rings. The SMILES string of the molecule is Cc1cc(C)cc(C(C)(C)OC(=O)COc2c(C)cc(-[s+]3cc(C)c4ccccc43)cc2C)c1. The molecule has 4 heteroatoms. The van der Waals surface area contributed by atoms with Crippen LogP contribution in [0.4, 0.5) is 0 Å². The molecular weight excluding hydrogens is 440 g/mol. The zero-order chi connectivity index (χ0) is 24.6. The van der Waals surface area contributed by atoms with Crippen molar-refractivity contribution in [1.82, 2.24) is 0 Å². The van der Waals surface area contributed by atoms with Gasteiger partial charge in [0.05, 0.1) is 0 Å². The molecule has 0 spiro atoms. The number of thiophene rings is 1. The van der Waals surface area contributed by atoms with E-state index in [0.717, 1.165) is 33.6 Å². The molecule has 34 heavy (non-hydrogen) atoms. The van der Waals surface area contributed by atoms with Crippen LogP contribution < -0.4 is 4.74 Å². The van der Waals surface area contributed by atoms with E-state index < -0.39 is 5.60 Å². The van der Waals surface area contributed by atoms with Crippen molar-refractivity contribution in [2.24, 2.45) is 0 Å². The van der Waals surface area contributed by atoms with Crippen LogP contribution in [0, 0.1) is 34.6 Å². The molecule has 3 nitrogen and oxygen atoms in total. The van der Waals surface area contributed by atoms with Gasteiger partial charge < -0.3 is 9.47 Å². The summed E-state index contributed by atoms with van der Waals surface area (Å²) in [4.78, 5) is 14.0. The van der Waals surface area contributed by atoms with Gasteiger partial charge in [0.25, 0.3) is 0 Å². The van der Waals surface area contributed by atoms with Gasteiger partial charge in [-0.05, 0) is 77.3 Å². The Morgan fingerprint density at radius 2 is 1.47 bits per heavy atom. The summed E-state index contributed by atoms with van der Waals surface area (Å²) in [7, 11) is -0.0851. The lowest BCUT2D eigenvalue weighted by atomic mass is 9.94. The van der Waals surface area contributed by atoms with E-state index in [-0.39, 0.29) is 23.0 Å². The van der Waals surface area contributed by atoms with Gasteiger partial charge in [0.2, 0.25) is 0 Å². The van der Waals surface area contributed by atoms with E-state index in [1.165, 1.54) is 20.5 Å². The van der Waals surface area contributed by atoms with Crippen LogP contribution >= 0.6 is 10.5 Å². The third kappa shape index (κ3) is 4.88. The molecule has 0 fully saturated rings. The van der Waals surface area contributed by atoms with Crippen molar-refractivity contribution in [1.29, 1.82) is 0 Å². The predicted octanol–water partition coefficient (Wildman–Crippen LogP) is 7.98. The van der Waals surface area contributed by atoms with Gasteiger partial charge in [-0.1, -0.05) is 41.5 Å². The minimum atomic E-state index is -0.730. The summed E-state index contributed by atoms with van der Waals surface area (Å²) in [6.45, 7) is 14.1. The molecule has 0 aliphatic heterocycles. The van der Waals surface area contributed by atoms with Gasteiger partial charge in [0.1, 0.15) is 16.7 Å². The summed E-state index contributed by atoms with van der Waals surface area (Å²) in [5.41, 5.74) is 5.93. The first-order chi connectivity index (χ1) is 16.0. The van der Waals surface area contributed by atoms with Crippen molar-refractivity contribution in [2.45, 2.75) is 54.1 Å². The van der Waals surface area contributed by atoms with Crippen LogP contribution in [0.3, 0.4) is 0 Å². The number of ether oxygens (including phenoxy) is 2. The van der Waals surface area contributed by atoms with Gasteiger partial charge >= 0.3 is 5.97 Å². The highest BCUT2D eigenvalue weighted by molar-refractivity contribution is 7.43. The second-order valence-corrected chi connectivity index (χ2v) is 11.5. The highest BCUT2D eigenvalue weighted by atomic mass is 32.2. The van der Waals surface area contributed by atoms with E-state index in [9.17, 15) is 4.79 Å². The Labute approximate surface area is 205 Å². The van der Waals surface area contributed by atoms with E-state index in [1.54, 1.807) is 0 Å². The van der Waals surface area contributed by atoms with Crippen molar-refractivity contribution in [3.8, 4) is 10.6 Å². The first-order valence-corrected chi connectivity index (χ1v) is 12.9. The Morgan fingerprint density at radius 3 is 2.12 bits per heavy atom. The number of esters is 1. The molecule has 1 aromatic heterocycles. The zero-order valence-corrected chi connectivity index (χ0v) is 21.9. The van der Waals surface area contributed by atoms with Crippen molar-refractivity contribution in [3.05, 3.63) is 93.4 Å². The molecule has 0 saturated carbocycles. The fourth-order valence-corrected chi connectivity index (χ4v) is 6.87. The maximum atomic E-state index is 12.7. The molecule has 0 radical (unpaired) electrons. The molecule has 1 unspecified atom stereocenters. The first-order valence-electron chi connectivity index (χ1n) is 11.6. The molecule has 4 aromatic rings. The van der Waals surface area contributed by atoms with Gasteiger partial charge in [-0.25, -0.2) is 4.79 Å². The van der Waals surface area contributed by atoms with E-state index in [1.807, 2.05) is 27.7 Å². The van der Waals surface area contributed by atoms with Gasteiger partial charge in [0, 0.05) is 33.6 Å². The lowest BCUT2D eigenvalue weighted by Gasteiger charge is -2.26. The fraction of sp³-hybridized carbons (Fsp3) is 0.300. The molecule has 4 rings (SSSR count). The van der Waals surface area contributed by atoms with Gasteiger partial charge in [-0.3, -0.25) is 0 Å². The summed E-state index contributed by atoms with van der Waals surface area (Å²) in [5, 5.41) is 3.68. The van der Waals surface area contributed by atoms with Crippen molar-refractivity contribution in [3.63, 3.8) is 0 Å². The Hall–Kier alpha value is -3.11. The molecule has 176 valence electrons. The Morgan fingerprint density at radius 1 is 0.853 bits per heavy atom. The first kappa shape index (κ1) is 24.0. The highest BCUT2D eigenvalue weighted by Gasteiger charge is 2.27.